The van der Waals surface area contributed by atoms with E-state index < -0.39 is 5.54 Å². The normalized spacial score (nSPS) is 10.7. The smallest absolute Gasteiger partial charge is 0.228 e. The summed E-state index contributed by atoms with van der Waals surface area (Å²) >= 11 is 0. The molecule has 3 N–H and O–H groups in total. The first-order valence-corrected chi connectivity index (χ1v) is 7.02. The van der Waals surface area contributed by atoms with Crippen LogP contribution in [0.25, 0.3) is 0 Å². The largest absolute Gasteiger partial charge is 0.368 e. The molecule has 0 aliphatic rings. The van der Waals surface area contributed by atoms with Gasteiger partial charge in [0.2, 0.25) is 11.9 Å². The summed E-state index contributed by atoms with van der Waals surface area (Å²) in [5.74, 6) is 0.642. The van der Waals surface area contributed by atoms with Crippen LogP contribution in [0.4, 0.5) is 11.9 Å². The Bertz CT molecular complexity index is 710. The lowest BCUT2D eigenvalue weighted by atomic mass is 9.85. The fourth-order valence-electron chi connectivity index (χ4n) is 2.45. The molecule has 5 nitrogen and oxygen atoms in total. The van der Waals surface area contributed by atoms with Gasteiger partial charge in [-0.3, -0.25) is 0 Å². The van der Waals surface area contributed by atoms with E-state index in [2.05, 4.69) is 51.5 Å². The van der Waals surface area contributed by atoms with Gasteiger partial charge in [0, 0.05) is 0 Å². The maximum atomic E-state index is 5.65. The monoisotopic (exact) mass is 327 g/mol. The molecule has 0 spiro atoms. The topological polar surface area (TPSA) is 76.7 Å². The summed E-state index contributed by atoms with van der Waals surface area (Å²) in [4.78, 5) is 12.1. The second kappa shape index (κ2) is 7.07. The molecule has 0 radical (unpaired) electrons. The number of anilines is 2. The van der Waals surface area contributed by atoms with E-state index in [1.54, 1.807) is 0 Å². The van der Waals surface area contributed by atoms with E-state index in [0.717, 1.165) is 11.1 Å². The number of nitrogens with one attached hydrogen (secondary N) is 1. The third-order valence-electron chi connectivity index (χ3n) is 3.65. The van der Waals surface area contributed by atoms with Crippen molar-refractivity contribution in [1.29, 1.82) is 0 Å². The average Bonchev–Trinajstić information content (AvgIpc) is 2.56. The number of nitrogen functional groups attached to an aromatic ring is 1. The van der Waals surface area contributed by atoms with E-state index in [4.69, 9.17) is 5.73 Å². The zero-order valence-electron chi connectivity index (χ0n) is 12.7. The number of rotatable bonds is 4. The molecule has 0 atom stereocenters. The van der Waals surface area contributed by atoms with Crippen LogP contribution in [-0.4, -0.2) is 15.0 Å². The molecule has 118 valence electrons. The Morgan fingerprint density at radius 2 is 1.39 bits per heavy atom. The Balaban J connectivity index is 0.00000192. The summed E-state index contributed by atoms with van der Waals surface area (Å²) in [6, 6.07) is 20.3. The molecule has 23 heavy (non-hydrogen) atoms. The Morgan fingerprint density at radius 3 is 1.87 bits per heavy atom. The van der Waals surface area contributed by atoms with Gasteiger partial charge in [0.1, 0.15) is 6.33 Å². The lowest BCUT2D eigenvalue weighted by Gasteiger charge is -2.32. The van der Waals surface area contributed by atoms with Crippen LogP contribution >= 0.6 is 12.4 Å². The molecule has 0 bridgehead atoms. The van der Waals surface area contributed by atoms with Crippen molar-refractivity contribution in [1.82, 2.24) is 15.0 Å². The number of nitrogens with two attached hydrogens (primary N) is 1. The average molecular weight is 328 g/mol. The highest BCUT2D eigenvalue weighted by molar-refractivity contribution is 5.85. The summed E-state index contributed by atoms with van der Waals surface area (Å²) < 4.78 is 0. The first kappa shape index (κ1) is 16.7. The zero-order chi connectivity index (χ0) is 15.4. The van der Waals surface area contributed by atoms with Crippen LogP contribution in [0.5, 0.6) is 0 Å². The third kappa shape index (κ3) is 3.57. The molecule has 6 heteroatoms. The van der Waals surface area contributed by atoms with Gasteiger partial charge in [-0.15, -0.1) is 12.4 Å². The minimum absolute atomic E-state index is 0. The number of hydrogen-bond donors (Lipinski definition) is 2. The predicted octanol–water partition coefficient (Wildman–Crippen LogP) is 3.25. The molecular weight excluding hydrogens is 310 g/mol. The SMILES string of the molecule is CC(Nc1ncnc(N)n1)(c1ccccc1)c1ccccc1.Cl. The quantitative estimate of drug-likeness (QED) is 0.769. The number of aromatic nitrogens is 3. The molecule has 0 saturated heterocycles. The summed E-state index contributed by atoms with van der Waals surface area (Å²) in [5.41, 5.74) is 7.40. The van der Waals surface area contributed by atoms with Crippen LogP contribution in [0.2, 0.25) is 0 Å². The van der Waals surface area contributed by atoms with E-state index in [9.17, 15) is 0 Å². The van der Waals surface area contributed by atoms with Crippen LogP contribution in [0.3, 0.4) is 0 Å². The van der Waals surface area contributed by atoms with Gasteiger partial charge in [-0.25, -0.2) is 9.97 Å². The third-order valence-corrected chi connectivity index (χ3v) is 3.65. The number of nitrogens with zero attached hydrogens (tertiary/aromatic N) is 3. The zero-order valence-corrected chi connectivity index (χ0v) is 13.5. The van der Waals surface area contributed by atoms with Crippen molar-refractivity contribution in [3.63, 3.8) is 0 Å². The molecule has 3 aromatic rings. The highest BCUT2D eigenvalue weighted by Gasteiger charge is 2.29. The van der Waals surface area contributed by atoms with Gasteiger partial charge in [0.25, 0.3) is 0 Å². The molecule has 0 aliphatic carbocycles. The molecule has 0 unspecified atom stereocenters. The first-order valence-electron chi connectivity index (χ1n) is 7.02. The molecule has 3 rings (SSSR count). The van der Waals surface area contributed by atoms with Crippen LogP contribution in [-0.2, 0) is 5.54 Å². The highest BCUT2D eigenvalue weighted by atomic mass is 35.5. The van der Waals surface area contributed by atoms with Gasteiger partial charge in [0.15, 0.2) is 0 Å². The van der Waals surface area contributed by atoms with Gasteiger partial charge in [-0.1, -0.05) is 60.7 Å². The van der Waals surface area contributed by atoms with E-state index in [1.165, 1.54) is 6.33 Å². The Labute approximate surface area is 141 Å². The van der Waals surface area contributed by atoms with Crippen molar-refractivity contribution in [3.05, 3.63) is 78.1 Å². The van der Waals surface area contributed by atoms with Gasteiger partial charge in [-0.05, 0) is 18.1 Å². The van der Waals surface area contributed by atoms with Crippen LogP contribution in [0.1, 0.15) is 18.1 Å². The number of benzene rings is 2. The molecule has 0 fully saturated rings. The predicted molar refractivity (Wildman–Crippen MR) is 94.4 cm³/mol. The summed E-state index contributed by atoms with van der Waals surface area (Å²) in [7, 11) is 0. The lowest BCUT2D eigenvalue weighted by Crippen LogP contribution is -2.34. The fourth-order valence-corrected chi connectivity index (χ4v) is 2.45. The second-order valence-corrected chi connectivity index (χ2v) is 5.15. The van der Waals surface area contributed by atoms with Crippen molar-refractivity contribution in [2.24, 2.45) is 0 Å². The van der Waals surface area contributed by atoms with E-state index in [1.807, 2.05) is 36.4 Å². The van der Waals surface area contributed by atoms with Crippen LogP contribution < -0.4 is 11.1 Å². The summed E-state index contributed by atoms with van der Waals surface area (Å²) in [6.45, 7) is 2.09. The molecule has 1 aromatic heterocycles. The minimum atomic E-state index is -0.476. The maximum absolute atomic E-state index is 5.65. The molecular formula is C17H18ClN5. The van der Waals surface area contributed by atoms with Crippen LogP contribution in [0, 0.1) is 0 Å². The Hall–Kier alpha value is -2.66. The summed E-state index contributed by atoms with van der Waals surface area (Å²) in [5, 5.41) is 3.39. The van der Waals surface area contributed by atoms with Crippen molar-refractivity contribution >= 4 is 24.3 Å². The van der Waals surface area contributed by atoms with E-state index in [-0.39, 0.29) is 18.4 Å². The Morgan fingerprint density at radius 1 is 0.870 bits per heavy atom. The summed E-state index contributed by atoms with van der Waals surface area (Å²) in [6.07, 6.45) is 1.40. The first-order chi connectivity index (χ1) is 10.7. The molecule has 0 saturated carbocycles. The Kier molecular flexibility index (Phi) is 5.13. The molecule has 0 amide bonds. The van der Waals surface area contributed by atoms with Crippen molar-refractivity contribution in [3.8, 4) is 0 Å². The highest BCUT2D eigenvalue weighted by Crippen LogP contribution is 2.32. The number of halogens is 1. The van der Waals surface area contributed by atoms with E-state index in [0.29, 0.717) is 5.95 Å². The standard InChI is InChI=1S/C17H17N5.ClH/c1-17(13-8-4-2-5-9-13,14-10-6-3-7-11-14)22-16-20-12-19-15(18)21-16;/h2-12H,1H3,(H3,18,19,20,21,22);1H. The minimum Gasteiger partial charge on any atom is -0.368 e. The second-order valence-electron chi connectivity index (χ2n) is 5.15. The maximum Gasteiger partial charge on any atom is 0.228 e. The van der Waals surface area contributed by atoms with E-state index >= 15 is 0 Å². The van der Waals surface area contributed by atoms with Crippen LogP contribution in [0.15, 0.2) is 67.0 Å². The van der Waals surface area contributed by atoms with Crippen molar-refractivity contribution in [2.75, 3.05) is 11.1 Å². The van der Waals surface area contributed by atoms with Gasteiger partial charge < -0.3 is 11.1 Å². The van der Waals surface area contributed by atoms with Crippen molar-refractivity contribution < 1.29 is 0 Å². The fraction of sp³-hybridized carbons (Fsp3) is 0.118. The van der Waals surface area contributed by atoms with Crippen molar-refractivity contribution in [2.45, 2.75) is 12.5 Å². The van der Waals surface area contributed by atoms with Gasteiger partial charge in [0.05, 0.1) is 5.54 Å². The molecule has 2 aromatic carbocycles. The van der Waals surface area contributed by atoms with Gasteiger partial charge in [-0.2, -0.15) is 4.98 Å². The molecule has 0 aliphatic heterocycles. The molecule has 1 heterocycles. The van der Waals surface area contributed by atoms with Gasteiger partial charge >= 0.3 is 0 Å². The number of hydrogen-bond acceptors (Lipinski definition) is 5. The lowest BCUT2D eigenvalue weighted by molar-refractivity contribution is 0.650.